The highest BCUT2D eigenvalue weighted by Crippen LogP contribution is 2.30. The van der Waals surface area contributed by atoms with Gasteiger partial charge in [0.05, 0.1) is 13.2 Å². The molecule has 0 saturated carbocycles. The first-order valence-corrected chi connectivity index (χ1v) is 7.20. The molecule has 0 atom stereocenters. The molecule has 1 fully saturated rings. The van der Waals surface area contributed by atoms with Crippen molar-refractivity contribution in [3.8, 4) is 11.4 Å². The van der Waals surface area contributed by atoms with E-state index in [0.717, 1.165) is 24.3 Å². The lowest BCUT2D eigenvalue weighted by atomic mass is 10.1. The third kappa shape index (κ3) is 2.94. The van der Waals surface area contributed by atoms with Crippen LogP contribution in [0.5, 0.6) is 0 Å². The maximum absolute atomic E-state index is 11.0. The maximum atomic E-state index is 11.0. The summed E-state index contributed by atoms with van der Waals surface area (Å²) in [7, 11) is 0. The number of carboxylic acids is 1. The van der Waals surface area contributed by atoms with Crippen LogP contribution in [-0.4, -0.2) is 52.1 Å². The monoisotopic (exact) mass is 302 g/mol. The zero-order valence-electron chi connectivity index (χ0n) is 12.4. The van der Waals surface area contributed by atoms with Crippen LogP contribution in [0.15, 0.2) is 24.3 Å². The van der Waals surface area contributed by atoms with E-state index in [9.17, 15) is 4.79 Å². The zero-order chi connectivity index (χ0) is 15.5. The van der Waals surface area contributed by atoms with Crippen molar-refractivity contribution in [3.05, 3.63) is 30.1 Å². The fraction of sp³-hybridized carbons (Fsp3) is 0.400. The third-order valence-corrected chi connectivity index (χ3v) is 3.56. The van der Waals surface area contributed by atoms with Gasteiger partial charge < -0.3 is 14.7 Å². The SMILES string of the molecule is Cc1nc(-c2ccccc2N2CCOCC2)n(CC(=O)O)n1. The lowest BCUT2D eigenvalue weighted by molar-refractivity contribution is -0.137. The van der Waals surface area contributed by atoms with Crippen LogP contribution in [0.3, 0.4) is 0 Å². The second kappa shape index (κ2) is 6.15. The number of rotatable bonds is 4. The first-order valence-electron chi connectivity index (χ1n) is 7.20. The van der Waals surface area contributed by atoms with Gasteiger partial charge >= 0.3 is 5.97 Å². The Morgan fingerprint density at radius 2 is 2.05 bits per heavy atom. The van der Waals surface area contributed by atoms with Gasteiger partial charge in [0.2, 0.25) is 0 Å². The molecule has 0 radical (unpaired) electrons. The van der Waals surface area contributed by atoms with Crippen molar-refractivity contribution >= 4 is 11.7 Å². The van der Waals surface area contributed by atoms with Gasteiger partial charge in [0, 0.05) is 24.3 Å². The average Bonchev–Trinajstić information content (AvgIpc) is 2.88. The number of aromatic nitrogens is 3. The lowest BCUT2D eigenvalue weighted by Crippen LogP contribution is -2.36. The second-order valence-corrected chi connectivity index (χ2v) is 5.15. The highest BCUT2D eigenvalue weighted by atomic mass is 16.5. The number of carboxylic acid groups (broad SMARTS) is 1. The molecule has 1 N–H and O–H groups in total. The van der Waals surface area contributed by atoms with Gasteiger partial charge in [0.15, 0.2) is 5.82 Å². The van der Waals surface area contributed by atoms with Crippen LogP contribution >= 0.6 is 0 Å². The Balaban J connectivity index is 2.03. The number of aliphatic carboxylic acids is 1. The van der Waals surface area contributed by atoms with E-state index in [4.69, 9.17) is 9.84 Å². The predicted molar refractivity (Wildman–Crippen MR) is 80.9 cm³/mol. The van der Waals surface area contributed by atoms with E-state index in [2.05, 4.69) is 15.0 Å². The smallest absolute Gasteiger partial charge is 0.325 e. The summed E-state index contributed by atoms with van der Waals surface area (Å²) in [5.74, 6) is 0.213. The van der Waals surface area contributed by atoms with Crippen LogP contribution < -0.4 is 4.90 Å². The first kappa shape index (κ1) is 14.5. The molecular formula is C15H18N4O3. The van der Waals surface area contributed by atoms with Crippen LogP contribution in [0.1, 0.15) is 5.82 Å². The second-order valence-electron chi connectivity index (χ2n) is 5.15. The van der Waals surface area contributed by atoms with Gasteiger partial charge in [-0.1, -0.05) is 12.1 Å². The number of para-hydroxylation sites is 1. The number of ether oxygens (including phenoxy) is 1. The van der Waals surface area contributed by atoms with E-state index < -0.39 is 5.97 Å². The van der Waals surface area contributed by atoms with Gasteiger partial charge in [-0.3, -0.25) is 4.79 Å². The van der Waals surface area contributed by atoms with Gasteiger partial charge in [-0.2, -0.15) is 5.10 Å². The molecule has 0 aliphatic carbocycles. The van der Waals surface area contributed by atoms with E-state index in [1.165, 1.54) is 4.68 Å². The molecule has 1 aliphatic rings. The van der Waals surface area contributed by atoms with Crippen LogP contribution in [0.25, 0.3) is 11.4 Å². The number of nitrogens with zero attached hydrogens (tertiary/aromatic N) is 4. The van der Waals surface area contributed by atoms with Crippen LogP contribution in [0.2, 0.25) is 0 Å². The number of aryl methyl sites for hydroxylation is 1. The Kier molecular flexibility index (Phi) is 4.06. The minimum atomic E-state index is -0.935. The minimum absolute atomic E-state index is 0.201. The minimum Gasteiger partial charge on any atom is -0.480 e. The van der Waals surface area contributed by atoms with E-state index in [1.54, 1.807) is 6.92 Å². The predicted octanol–water partition coefficient (Wildman–Crippen LogP) is 1.17. The molecule has 0 unspecified atom stereocenters. The summed E-state index contributed by atoms with van der Waals surface area (Å²) in [5.41, 5.74) is 1.93. The van der Waals surface area contributed by atoms with E-state index in [1.807, 2.05) is 24.3 Å². The molecule has 1 aromatic heterocycles. The number of hydrogen-bond donors (Lipinski definition) is 1. The summed E-state index contributed by atoms with van der Waals surface area (Å²) < 4.78 is 6.84. The highest BCUT2D eigenvalue weighted by molar-refractivity contribution is 5.76. The molecule has 2 heterocycles. The van der Waals surface area contributed by atoms with Gasteiger partial charge in [-0.25, -0.2) is 9.67 Å². The molecule has 1 aromatic carbocycles. The number of hydrogen-bond acceptors (Lipinski definition) is 5. The lowest BCUT2D eigenvalue weighted by Gasteiger charge is -2.30. The normalized spacial score (nSPS) is 15.0. The van der Waals surface area contributed by atoms with Crippen molar-refractivity contribution in [1.29, 1.82) is 0 Å². The Morgan fingerprint density at radius 1 is 1.32 bits per heavy atom. The molecule has 2 aromatic rings. The molecule has 0 bridgehead atoms. The molecule has 1 aliphatic heterocycles. The maximum Gasteiger partial charge on any atom is 0.325 e. The quantitative estimate of drug-likeness (QED) is 0.913. The van der Waals surface area contributed by atoms with Crippen molar-refractivity contribution in [2.45, 2.75) is 13.5 Å². The number of carbonyl (C=O) groups is 1. The molecule has 1 saturated heterocycles. The number of benzene rings is 1. The molecule has 0 spiro atoms. The molecule has 7 heteroatoms. The molecule has 7 nitrogen and oxygen atoms in total. The summed E-state index contributed by atoms with van der Waals surface area (Å²) in [6.07, 6.45) is 0. The van der Waals surface area contributed by atoms with E-state index >= 15 is 0 Å². The fourth-order valence-electron chi connectivity index (χ4n) is 2.64. The summed E-state index contributed by atoms with van der Waals surface area (Å²) in [4.78, 5) is 17.7. The molecule has 22 heavy (non-hydrogen) atoms. The Labute approximate surface area is 128 Å². The van der Waals surface area contributed by atoms with Crippen molar-refractivity contribution in [2.24, 2.45) is 0 Å². The molecular weight excluding hydrogens is 284 g/mol. The highest BCUT2D eigenvalue weighted by Gasteiger charge is 2.20. The van der Waals surface area contributed by atoms with Gasteiger partial charge in [-0.05, 0) is 19.1 Å². The molecule has 116 valence electrons. The van der Waals surface area contributed by atoms with Crippen LogP contribution in [-0.2, 0) is 16.1 Å². The average molecular weight is 302 g/mol. The number of anilines is 1. The zero-order valence-corrected chi connectivity index (χ0v) is 12.4. The first-order chi connectivity index (χ1) is 10.6. The Bertz CT molecular complexity index is 677. The van der Waals surface area contributed by atoms with Crippen molar-refractivity contribution in [2.75, 3.05) is 31.2 Å². The summed E-state index contributed by atoms with van der Waals surface area (Å²) >= 11 is 0. The fourth-order valence-corrected chi connectivity index (χ4v) is 2.64. The molecule has 0 amide bonds. The van der Waals surface area contributed by atoms with Crippen LogP contribution in [0.4, 0.5) is 5.69 Å². The van der Waals surface area contributed by atoms with Crippen molar-refractivity contribution in [3.63, 3.8) is 0 Å². The summed E-state index contributed by atoms with van der Waals surface area (Å²) in [6, 6.07) is 7.87. The van der Waals surface area contributed by atoms with E-state index in [-0.39, 0.29) is 6.54 Å². The summed E-state index contributed by atoms with van der Waals surface area (Å²) in [6.45, 7) is 4.56. The third-order valence-electron chi connectivity index (χ3n) is 3.56. The van der Waals surface area contributed by atoms with Gasteiger partial charge in [0.25, 0.3) is 0 Å². The molecule has 3 rings (SSSR count). The summed E-state index contributed by atoms with van der Waals surface area (Å²) in [5, 5.41) is 13.2. The van der Waals surface area contributed by atoms with Gasteiger partial charge in [-0.15, -0.1) is 0 Å². The Morgan fingerprint density at radius 3 is 2.77 bits per heavy atom. The van der Waals surface area contributed by atoms with Gasteiger partial charge in [0.1, 0.15) is 12.4 Å². The number of morpholine rings is 1. The standard InChI is InChI=1S/C15H18N4O3/c1-11-16-15(19(17-11)10-14(20)21)12-4-2-3-5-13(12)18-6-8-22-9-7-18/h2-5H,6-10H2,1H3,(H,20,21). The van der Waals surface area contributed by atoms with Crippen LogP contribution in [0, 0.1) is 6.92 Å². The largest absolute Gasteiger partial charge is 0.480 e. The van der Waals surface area contributed by atoms with Crippen molar-refractivity contribution in [1.82, 2.24) is 14.8 Å². The topological polar surface area (TPSA) is 80.5 Å². The van der Waals surface area contributed by atoms with E-state index in [0.29, 0.717) is 24.9 Å². The van der Waals surface area contributed by atoms with Crippen molar-refractivity contribution < 1.29 is 14.6 Å². The Hall–Kier alpha value is -2.41.